The molecule has 36 nitrogen and oxygen atoms in total. The number of furan rings is 1. The van der Waals surface area contributed by atoms with E-state index in [1.807, 2.05) is 44.2 Å². The number of carbonyl (C=O) groups is 5. The number of hydrogen-bond donors (Lipinski definition) is 14. The van der Waals surface area contributed by atoms with E-state index in [4.69, 9.17) is 32.8 Å². The fraction of sp³-hybridized carbons (Fsp3) is 0.160. The molecular formula is C94H88N18O18. The van der Waals surface area contributed by atoms with Crippen LogP contribution in [0.1, 0.15) is 141 Å². The normalized spacial score (nSPS) is 12.0. The van der Waals surface area contributed by atoms with Gasteiger partial charge in [0, 0.05) is 59.3 Å². The van der Waals surface area contributed by atoms with Crippen molar-refractivity contribution >= 4 is 145 Å². The van der Waals surface area contributed by atoms with Gasteiger partial charge in [-0.05, 0) is 189 Å². The maximum Gasteiger partial charge on any atom is 0.341 e. The highest BCUT2D eigenvalue weighted by Crippen LogP contribution is 2.38. The van der Waals surface area contributed by atoms with Gasteiger partial charge < -0.3 is 78.9 Å². The highest BCUT2D eigenvalue weighted by atomic mass is 16.5. The second kappa shape index (κ2) is 42.4. The van der Waals surface area contributed by atoms with E-state index in [1.165, 1.54) is 73.0 Å². The molecular weight excluding hydrogens is 1670 g/mol. The van der Waals surface area contributed by atoms with Crippen LogP contribution in [-0.4, -0.2) is 177 Å². The number of rotatable bonds is 26. The van der Waals surface area contributed by atoms with Crippen molar-refractivity contribution in [2.75, 3.05) is 49.3 Å². The number of carboxylic acids is 1. The molecule has 1 fully saturated rings. The maximum atomic E-state index is 12.8. The number of aromatic amines is 9. The summed E-state index contributed by atoms with van der Waals surface area (Å²) in [6, 6.07) is 45.4. The quantitative estimate of drug-likeness (QED) is 0.0224. The number of aliphatic hydroxyl groups excluding tert-OH is 1. The number of methoxy groups -OCH3 is 6. The number of fused-ring (bicyclic) bond motifs is 5. The minimum Gasteiger partial charge on any atom is -0.495 e. The van der Waals surface area contributed by atoms with E-state index in [9.17, 15) is 53.4 Å². The van der Waals surface area contributed by atoms with Crippen molar-refractivity contribution in [3.05, 3.63) is 308 Å². The Morgan fingerprint density at radius 2 is 0.785 bits per heavy atom. The number of aliphatic hydroxyl groups is 1. The predicted octanol–water partition coefficient (Wildman–Crippen LogP) is 12.5. The van der Waals surface area contributed by atoms with Gasteiger partial charge in [-0.2, -0.15) is 25.5 Å². The van der Waals surface area contributed by atoms with Gasteiger partial charge in [-0.3, -0.25) is 64.0 Å². The Hall–Kier alpha value is -17.3. The lowest BCUT2D eigenvalue weighted by Gasteiger charge is -2.20. The van der Waals surface area contributed by atoms with Gasteiger partial charge in [0.05, 0.1) is 173 Å². The summed E-state index contributed by atoms with van der Waals surface area (Å²) in [5.41, 5.74) is 10.9. The average Bonchev–Trinajstić information content (AvgIpc) is 1.63. The van der Waals surface area contributed by atoms with Gasteiger partial charge in [0.25, 0.3) is 17.7 Å². The van der Waals surface area contributed by atoms with Crippen LogP contribution in [0.25, 0.3) is 115 Å². The minimum absolute atomic E-state index is 0.0594. The third-order valence-electron chi connectivity index (χ3n) is 20.1. The monoisotopic (exact) mass is 1760 g/mol. The second-order valence-electron chi connectivity index (χ2n) is 29.0. The Bertz CT molecular complexity index is 7200. The number of aromatic nitrogens is 15. The van der Waals surface area contributed by atoms with Crippen LogP contribution in [0.15, 0.2) is 200 Å². The molecule has 14 N–H and O–H groups in total. The first-order chi connectivity index (χ1) is 63.1. The van der Waals surface area contributed by atoms with Gasteiger partial charge >= 0.3 is 11.9 Å². The van der Waals surface area contributed by atoms with Crippen molar-refractivity contribution in [1.82, 2.24) is 91.9 Å². The summed E-state index contributed by atoms with van der Waals surface area (Å²) in [7, 11) is 8.78. The lowest BCUT2D eigenvalue weighted by Crippen LogP contribution is -2.41. The van der Waals surface area contributed by atoms with Gasteiger partial charge in [0.15, 0.2) is 0 Å². The Labute approximate surface area is 737 Å². The fourth-order valence-corrected chi connectivity index (χ4v) is 13.6. The number of benzene rings is 5. The van der Waals surface area contributed by atoms with Crippen molar-refractivity contribution < 1.29 is 67.0 Å². The zero-order chi connectivity index (χ0) is 91.9. The Morgan fingerprint density at radius 3 is 1.12 bits per heavy atom. The van der Waals surface area contributed by atoms with Crippen molar-refractivity contribution in [3.63, 3.8) is 0 Å². The smallest absolute Gasteiger partial charge is 0.341 e. The number of esters is 1. The number of carboxylic acid groups (broad SMARTS) is 1. The molecule has 1 aliphatic carbocycles. The molecule has 130 heavy (non-hydrogen) atoms. The summed E-state index contributed by atoms with van der Waals surface area (Å²) in [6.07, 6.45) is 23.0. The second-order valence-corrected chi connectivity index (χ2v) is 29.0. The fourth-order valence-electron chi connectivity index (χ4n) is 13.6. The van der Waals surface area contributed by atoms with Crippen molar-refractivity contribution in [2.45, 2.75) is 45.3 Å². The average molecular weight is 1760 g/mol. The molecule has 1 aliphatic rings. The zero-order valence-corrected chi connectivity index (χ0v) is 71.2. The van der Waals surface area contributed by atoms with E-state index in [2.05, 4.69) is 91.9 Å². The summed E-state index contributed by atoms with van der Waals surface area (Å²) in [5.74, 6) is 0.418. The van der Waals surface area contributed by atoms with E-state index < -0.39 is 11.9 Å². The molecule has 36 heteroatoms. The highest BCUT2D eigenvalue weighted by molar-refractivity contribution is 6.09. The molecule has 5 aromatic carbocycles. The molecule has 0 saturated heterocycles. The molecule has 11 heterocycles. The summed E-state index contributed by atoms with van der Waals surface area (Å²) in [4.78, 5) is 122. The number of aromatic carboxylic acids is 1. The molecule has 662 valence electrons. The van der Waals surface area contributed by atoms with Gasteiger partial charge in [-0.25, -0.2) is 9.59 Å². The van der Waals surface area contributed by atoms with Crippen molar-refractivity contribution in [3.8, 4) is 28.7 Å². The SMILES string of the molecule is COC(=O)c1ccc2n[nH]c(/C=C/c3cccc(=O)[nH]3)c2c1OC.COc1c(C(=O)NC(CO)C(C)C)ccc2n[nH]c(/C=C/c3ccccn3)c12.COc1c(C(=O)NC2CC2)ccc2n[nH]c(/C=C/c3cccc(=O)[nH]3)c12.COc1c(C(=O)NCc2ccco2)ccc2n[nH]c(/C=C/c3cccc(=O)[nH]3)c12.COc1c(C(=O)O)ccc2n[nH]c(/C=C/c3cccc(=O)[nH]3)c12. The molecule has 1 unspecified atom stereocenters. The van der Waals surface area contributed by atoms with Crippen LogP contribution in [0.2, 0.25) is 0 Å². The van der Waals surface area contributed by atoms with Crippen LogP contribution in [0.4, 0.5) is 0 Å². The number of H-pyrrole nitrogens is 9. The van der Waals surface area contributed by atoms with E-state index >= 15 is 0 Å². The van der Waals surface area contributed by atoms with Crippen LogP contribution in [0.5, 0.6) is 28.7 Å². The molecule has 1 atom stereocenters. The largest absolute Gasteiger partial charge is 0.495 e. The molecule has 0 radical (unpaired) electrons. The van der Waals surface area contributed by atoms with Gasteiger partial charge in [-0.15, -0.1) is 0 Å². The van der Waals surface area contributed by atoms with Crippen LogP contribution < -0.4 is 61.9 Å². The first-order valence-electron chi connectivity index (χ1n) is 40.3. The van der Waals surface area contributed by atoms with E-state index in [0.29, 0.717) is 146 Å². The number of amides is 3. The number of carbonyl (C=O) groups excluding carboxylic acids is 4. The highest BCUT2D eigenvalue weighted by Gasteiger charge is 2.29. The van der Waals surface area contributed by atoms with Crippen molar-refractivity contribution in [1.29, 1.82) is 0 Å². The third kappa shape index (κ3) is 21.9. The molecule has 3 amide bonds. The first-order valence-corrected chi connectivity index (χ1v) is 40.3. The minimum atomic E-state index is -1.08. The van der Waals surface area contributed by atoms with Gasteiger partial charge in [0.1, 0.15) is 45.6 Å². The Kier molecular flexibility index (Phi) is 29.5. The Morgan fingerprint density at radius 1 is 0.423 bits per heavy atom. The van der Waals surface area contributed by atoms with E-state index in [-0.39, 0.29) is 82.4 Å². The van der Waals surface area contributed by atoms with E-state index in [0.717, 1.165) is 29.6 Å². The molecule has 11 aromatic heterocycles. The van der Waals surface area contributed by atoms with Crippen LogP contribution in [0.3, 0.4) is 0 Å². The molecule has 0 spiro atoms. The first kappa shape index (κ1) is 90.4. The maximum absolute atomic E-state index is 12.8. The molecule has 1 saturated carbocycles. The lowest BCUT2D eigenvalue weighted by atomic mass is 10.0. The number of pyridine rings is 5. The molecule has 0 bridgehead atoms. The summed E-state index contributed by atoms with van der Waals surface area (Å²) < 4.78 is 37.3. The van der Waals surface area contributed by atoms with E-state index in [1.54, 1.807) is 176 Å². The van der Waals surface area contributed by atoms with Crippen LogP contribution in [-0.2, 0) is 11.3 Å². The number of nitrogens with zero attached hydrogens (tertiary/aromatic N) is 6. The number of hydrogen-bond acceptors (Lipinski definition) is 23. The van der Waals surface area contributed by atoms with Gasteiger partial charge in [0.2, 0.25) is 22.2 Å². The van der Waals surface area contributed by atoms with Crippen molar-refractivity contribution in [2.24, 2.45) is 5.92 Å². The summed E-state index contributed by atoms with van der Waals surface area (Å²) >= 11 is 0. The van der Waals surface area contributed by atoms with Crippen LogP contribution in [0, 0.1) is 5.92 Å². The third-order valence-corrected chi connectivity index (χ3v) is 20.1. The zero-order valence-electron chi connectivity index (χ0n) is 71.2. The Balaban J connectivity index is 0.000000139. The standard InChI is InChI=1S/C21H18N4O4.C21H24N4O3.C19H18N4O3.C17H15N3O4.C16H13N3O4/c1-28-20-15(21(27)22-12-14-5-3-11-29-14)8-10-17-19(20)16(24-25-17)9-7-13-4-2-6-18(26)23-13;1-13(2)18(12-26)23-21(27)15-8-10-17-19(20(15)28-3)16(24-25-17)9-7-14-6-4-5-11-22-14;1-26-18-13(19(25)21-12-5-6-12)8-10-15-17(18)14(22-23-15)9-7-11-3-2-4-16(24)20-11;1-23-16-11(17(22)24-2)7-9-13-15(16)12(19-20-13)8-6-10-4-3-5-14(21)18-10;1-23-15-10(16(21)22)6-8-12-14(15)11(18-19-12)7-5-9-3-2-4-13(20)17-9/h2-11H,12H2,1H3,(H,22,27)(H,23,26)(H,24,25);4-11,13,18,26H,12H2,1-3H3,(H,23,27)(H,24,25);2-4,7-10,12H,5-6H2,1H3,(H,20,24)(H,21,25)(H,22,23);3-9H,1-2H3,(H,18,21)(H,19,20);2-8H,1H3,(H,17,20)(H,18,19)(H,21,22)/b3*9-7+;8-6+;7-5+. The lowest BCUT2D eigenvalue weighted by molar-refractivity contribution is 0.0595. The summed E-state index contributed by atoms with van der Waals surface area (Å²) in [6.45, 7) is 4.03. The summed E-state index contributed by atoms with van der Waals surface area (Å²) in [5, 5.41) is 66.5. The topological polar surface area (TPSA) is 518 Å². The molecule has 16 aromatic rings. The van der Waals surface area contributed by atoms with Gasteiger partial charge in [-0.1, -0.05) is 44.2 Å². The van der Waals surface area contributed by atoms with Crippen LogP contribution >= 0.6 is 0 Å². The predicted molar refractivity (Wildman–Crippen MR) is 492 cm³/mol. The number of ether oxygens (including phenoxy) is 6. The number of nitrogens with one attached hydrogen (secondary N) is 12. The molecule has 17 rings (SSSR count). The molecule has 0 aliphatic heterocycles.